The van der Waals surface area contributed by atoms with Crippen molar-refractivity contribution in [3.8, 4) is 22.6 Å². The molecule has 0 aliphatic rings. The molecule has 19 heavy (non-hydrogen) atoms. The van der Waals surface area contributed by atoms with Gasteiger partial charge in [-0.3, -0.25) is 9.89 Å². The number of aromatic nitrogens is 2. The van der Waals surface area contributed by atoms with Gasteiger partial charge in [-0.15, -0.1) is 0 Å². The highest BCUT2D eigenvalue weighted by molar-refractivity contribution is 5.69. The lowest BCUT2D eigenvalue weighted by atomic mass is 9.87. The SMILES string of the molecule is CC(C)(C)c1[nH][nH]c(=O)c1-c1cc(O)c(O)c(F)c1. The van der Waals surface area contributed by atoms with E-state index in [1.165, 1.54) is 0 Å². The molecular weight excluding hydrogens is 251 g/mol. The summed E-state index contributed by atoms with van der Waals surface area (Å²) in [5.74, 6) is -2.40. The van der Waals surface area contributed by atoms with E-state index in [0.717, 1.165) is 12.1 Å². The highest BCUT2D eigenvalue weighted by atomic mass is 19.1. The van der Waals surface area contributed by atoms with Gasteiger partial charge in [-0.05, 0) is 17.7 Å². The van der Waals surface area contributed by atoms with Crippen molar-refractivity contribution in [3.63, 3.8) is 0 Å². The third-order valence-corrected chi connectivity index (χ3v) is 2.86. The van der Waals surface area contributed by atoms with Crippen LogP contribution in [0.2, 0.25) is 0 Å². The Balaban J connectivity index is 2.73. The van der Waals surface area contributed by atoms with Gasteiger partial charge < -0.3 is 15.3 Å². The number of aromatic hydroxyl groups is 2. The quantitative estimate of drug-likeness (QED) is 0.597. The second kappa shape index (κ2) is 4.15. The molecule has 1 heterocycles. The largest absolute Gasteiger partial charge is 0.504 e. The molecule has 2 aromatic rings. The molecule has 2 rings (SSSR count). The van der Waals surface area contributed by atoms with Gasteiger partial charge in [-0.25, -0.2) is 4.39 Å². The van der Waals surface area contributed by atoms with E-state index in [2.05, 4.69) is 10.2 Å². The fraction of sp³-hybridized carbons (Fsp3) is 0.308. The first-order chi connectivity index (χ1) is 8.71. The van der Waals surface area contributed by atoms with Crippen LogP contribution in [-0.4, -0.2) is 20.4 Å². The second-order valence-corrected chi connectivity index (χ2v) is 5.40. The Labute approximate surface area is 108 Å². The van der Waals surface area contributed by atoms with Crippen LogP contribution in [0.3, 0.4) is 0 Å². The first-order valence-corrected chi connectivity index (χ1v) is 5.75. The van der Waals surface area contributed by atoms with Crippen molar-refractivity contribution in [3.05, 3.63) is 34.0 Å². The maximum atomic E-state index is 13.5. The molecule has 0 aliphatic carbocycles. The summed E-state index contributed by atoms with van der Waals surface area (Å²) < 4.78 is 13.5. The lowest BCUT2D eigenvalue weighted by Gasteiger charge is -2.18. The molecule has 5 nitrogen and oxygen atoms in total. The van der Waals surface area contributed by atoms with E-state index < -0.39 is 22.9 Å². The van der Waals surface area contributed by atoms with E-state index in [1.54, 1.807) is 0 Å². The van der Waals surface area contributed by atoms with Gasteiger partial charge in [0.1, 0.15) is 0 Å². The smallest absolute Gasteiger partial charge is 0.272 e. The third-order valence-electron chi connectivity index (χ3n) is 2.86. The van der Waals surface area contributed by atoms with Gasteiger partial charge in [0.25, 0.3) is 5.56 Å². The van der Waals surface area contributed by atoms with Gasteiger partial charge in [-0.2, -0.15) is 0 Å². The van der Waals surface area contributed by atoms with Crippen molar-refractivity contribution in [2.45, 2.75) is 26.2 Å². The number of hydrogen-bond acceptors (Lipinski definition) is 3. The number of halogens is 1. The van der Waals surface area contributed by atoms with Crippen LogP contribution in [-0.2, 0) is 5.41 Å². The normalized spacial score (nSPS) is 11.8. The third kappa shape index (κ3) is 2.21. The number of phenolic OH excluding ortho intramolecular Hbond substituents is 2. The van der Waals surface area contributed by atoms with Gasteiger partial charge in [0.2, 0.25) is 0 Å². The summed E-state index contributed by atoms with van der Waals surface area (Å²) in [4.78, 5) is 11.8. The lowest BCUT2D eigenvalue weighted by Crippen LogP contribution is -2.14. The minimum atomic E-state index is -0.976. The zero-order chi connectivity index (χ0) is 14.4. The Kier molecular flexibility index (Phi) is 2.88. The van der Waals surface area contributed by atoms with Crippen molar-refractivity contribution < 1.29 is 14.6 Å². The molecule has 4 N–H and O–H groups in total. The molecule has 0 saturated heterocycles. The monoisotopic (exact) mass is 266 g/mol. The van der Waals surface area contributed by atoms with Gasteiger partial charge in [0, 0.05) is 5.41 Å². The van der Waals surface area contributed by atoms with Crippen LogP contribution in [0, 0.1) is 5.82 Å². The van der Waals surface area contributed by atoms with Crippen LogP contribution in [0.5, 0.6) is 11.5 Å². The molecule has 0 amide bonds. The Hall–Kier alpha value is -2.24. The molecule has 0 fully saturated rings. The molecule has 0 radical (unpaired) electrons. The van der Waals surface area contributed by atoms with Crippen LogP contribution >= 0.6 is 0 Å². The zero-order valence-electron chi connectivity index (χ0n) is 10.8. The van der Waals surface area contributed by atoms with Crippen LogP contribution < -0.4 is 5.56 Å². The molecule has 102 valence electrons. The zero-order valence-corrected chi connectivity index (χ0v) is 10.8. The van der Waals surface area contributed by atoms with Crippen molar-refractivity contribution in [1.29, 1.82) is 0 Å². The van der Waals surface area contributed by atoms with Crippen molar-refractivity contribution in [2.75, 3.05) is 0 Å². The number of hydrogen-bond donors (Lipinski definition) is 4. The van der Waals surface area contributed by atoms with E-state index >= 15 is 0 Å². The average molecular weight is 266 g/mol. The van der Waals surface area contributed by atoms with E-state index in [0.29, 0.717) is 5.69 Å². The van der Waals surface area contributed by atoms with E-state index in [-0.39, 0.29) is 16.5 Å². The van der Waals surface area contributed by atoms with E-state index in [9.17, 15) is 19.4 Å². The molecule has 0 spiro atoms. The van der Waals surface area contributed by atoms with Crippen molar-refractivity contribution >= 4 is 0 Å². The maximum absolute atomic E-state index is 13.5. The summed E-state index contributed by atoms with van der Waals surface area (Å²) in [6.45, 7) is 5.69. The summed E-state index contributed by atoms with van der Waals surface area (Å²) in [7, 11) is 0. The molecular formula is C13H15FN2O3. The van der Waals surface area contributed by atoms with Crippen LogP contribution in [0.1, 0.15) is 26.5 Å². The Bertz CT molecular complexity index is 657. The maximum Gasteiger partial charge on any atom is 0.272 e. The number of H-pyrrole nitrogens is 2. The lowest BCUT2D eigenvalue weighted by molar-refractivity contribution is 0.379. The number of benzene rings is 1. The number of aromatic amines is 2. The summed E-state index contributed by atoms with van der Waals surface area (Å²) in [6, 6.07) is 2.18. The van der Waals surface area contributed by atoms with E-state index in [4.69, 9.17) is 0 Å². The predicted octanol–water partition coefficient (Wildman–Crippen LogP) is 2.22. The molecule has 0 bridgehead atoms. The fourth-order valence-corrected chi connectivity index (χ4v) is 1.92. The fourth-order valence-electron chi connectivity index (χ4n) is 1.92. The molecule has 0 atom stereocenters. The first kappa shape index (κ1) is 13.2. The van der Waals surface area contributed by atoms with Gasteiger partial charge >= 0.3 is 0 Å². The number of phenols is 2. The molecule has 0 saturated carbocycles. The summed E-state index contributed by atoms with van der Waals surface area (Å²) in [6.07, 6.45) is 0. The molecule has 1 aromatic carbocycles. The molecule has 0 unspecified atom stereocenters. The second-order valence-electron chi connectivity index (χ2n) is 5.40. The van der Waals surface area contributed by atoms with Crippen LogP contribution in [0.25, 0.3) is 11.1 Å². The predicted molar refractivity (Wildman–Crippen MR) is 68.8 cm³/mol. The Morgan fingerprint density at radius 2 is 1.79 bits per heavy atom. The van der Waals surface area contributed by atoms with Gasteiger partial charge in [0.15, 0.2) is 17.3 Å². The Morgan fingerprint density at radius 1 is 1.16 bits per heavy atom. The number of rotatable bonds is 1. The molecule has 6 heteroatoms. The minimum Gasteiger partial charge on any atom is -0.504 e. The summed E-state index contributed by atoms with van der Waals surface area (Å²) in [5, 5.41) is 23.9. The molecule has 1 aromatic heterocycles. The number of nitrogens with one attached hydrogen (secondary N) is 2. The molecule has 0 aliphatic heterocycles. The van der Waals surface area contributed by atoms with Crippen molar-refractivity contribution in [1.82, 2.24) is 10.2 Å². The van der Waals surface area contributed by atoms with Crippen LogP contribution in [0.4, 0.5) is 4.39 Å². The highest BCUT2D eigenvalue weighted by Crippen LogP contribution is 2.35. The highest BCUT2D eigenvalue weighted by Gasteiger charge is 2.24. The van der Waals surface area contributed by atoms with Gasteiger partial charge in [0.05, 0.1) is 11.3 Å². The summed E-state index contributed by atoms with van der Waals surface area (Å²) >= 11 is 0. The van der Waals surface area contributed by atoms with Gasteiger partial charge in [-0.1, -0.05) is 20.8 Å². The summed E-state index contributed by atoms with van der Waals surface area (Å²) in [5.41, 5.74) is 0.289. The average Bonchev–Trinajstić information content (AvgIpc) is 2.67. The van der Waals surface area contributed by atoms with Crippen molar-refractivity contribution in [2.24, 2.45) is 0 Å². The Morgan fingerprint density at radius 3 is 2.32 bits per heavy atom. The van der Waals surface area contributed by atoms with Crippen LogP contribution in [0.15, 0.2) is 16.9 Å². The first-order valence-electron chi connectivity index (χ1n) is 5.75. The van der Waals surface area contributed by atoms with E-state index in [1.807, 2.05) is 20.8 Å². The topological polar surface area (TPSA) is 89.1 Å². The minimum absolute atomic E-state index is 0.209. The standard InChI is InChI=1S/C13H15FN2O3/c1-13(2,3)11-9(12(19)16-15-11)6-4-7(14)10(18)8(17)5-6/h4-5,17-18H,1-3H3,(H2,15,16,19).